The van der Waals surface area contributed by atoms with Crippen LogP contribution in [0, 0.1) is 13.8 Å². The maximum Gasteiger partial charge on any atom is 0.224 e. The maximum atomic E-state index is 12.0. The minimum atomic E-state index is 0.193. The van der Waals surface area contributed by atoms with E-state index in [4.69, 9.17) is 5.73 Å². The fraction of sp³-hybridized carbons (Fsp3) is 0.533. The van der Waals surface area contributed by atoms with Gasteiger partial charge in [0.05, 0.1) is 0 Å². The number of rotatable bonds is 5. The molecule has 1 aliphatic rings. The van der Waals surface area contributed by atoms with Crippen LogP contribution in [-0.2, 0) is 11.3 Å². The molecule has 0 heterocycles. The Bertz CT molecular complexity index is 438. The van der Waals surface area contributed by atoms with E-state index in [0.717, 1.165) is 19.4 Å². The van der Waals surface area contributed by atoms with Gasteiger partial charge < -0.3 is 10.6 Å². The SMILES string of the molecule is Cc1ccc(CN(C(=O)CCN)C2CC2)cc1C. The van der Waals surface area contributed by atoms with E-state index in [2.05, 4.69) is 32.0 Å². The molecule has 2 N–H and O–H groups in total. The molecule has 0 unspecified atom stereocenters. The Kier molecular flexibility index (Phi) is 4.02. The fourth-order valence-corrected chi connectivity index (χ4v) is 2.17. The third-order valence-electron chi connectivity index (χ3n) is 3.59. The zero-order chi connectivity index (χ0) is 13.1. The summed E-state index contributed by atoms with van der Waals surface area (Å²) in [5.41, 5.74) is 9.28. The highest BCUT2D eigenvalue weighted by molar-refractivity contribution is 5.77. The van der Waals surface area contributed by atoms with Crippen LogP contribution in [0.25, 0.3) is 0 Å². The molecule has 1 aromatic rings. The van der Waals surface area contributed by atoms with Gasteiger partial charge in [0.25, 0.3) is 0 Å². The van der Waals surface area contributed by atoms with Gasteiger partial charge in [0.2, 0.25) is 5.91 Å². The van der Waals surface area contributed by atoms with Gasteiger partial charge >= 0.3 is 0 Å². The molecule has 2 rings (SSSR count). The molecule has 1 saturated carbocycles. The predicted octanol–water partition coefficient (Wildman–Crippen LogP) is 2.14. The lowest BCUT2D eigenvalue weighted by Gasteiger charge is -2.22. The minimum Gasteiger partial charge on any atom is -0.335 e. The van der Waals surface area contributed by atoms with Crippen molar-refractivity contribution >= 4 is 5.91 Å². The summed E-state index contributed by atoms with van der Waals surface area (Å²) in [7, 11) is 0. The molecule has 0 spiro atoms. The number of benzene rings is 1. The lowest BCUT2D eigenvalue weighted by molar-refractivity contribution is -0.132. The molecule has 0 atom stereocenters. The van der Waals surface area contributed by atoms with Crippen LogP contribution in [0.4, 0.5) is 0 Å². The second-order valence-electron chi connectivity index (χ2n) is 5.21. The third-order valence-corrected chi connectivity index (χ3v) is 3.59. The average molecular weight is 246 g/mol. The number of amides is 1. The summed E-state index contributed by atoms with van der Waals surface area (Å²) in [5.74, 6) is 0.193. The zero-order valence-corrected chi connectivity index (χ0v) is 11.3. The molecular weight excluding hydrogens is 224 g/mol. The Labute approximate surface area is 109 Å². The van der Waals surface area contributed by atoms with Crippen molar-refractivity contribution in [3.05, 3.63) is 34.9 Å². The van der Waals surface area contributed by atoms with Gasteiger partial charge in [0.15, 0.2) is 0 Å². The predicted molar refractivity (Wildman–Crippen MR) is 73.2 cm³/mol. The van der Waals surface area contributed by atoms with Crippen molar-refractivity contribution in [2.75, 3.05) is 6.54 Å². The minimum absolute atomic E-state index is 0.193. The molecule has 98 valence electrons. The van der Waals surface area contributed by atoms with Crippen LogP contribution in [0.5, 0.6) is 0 Å². The van der Waals surface area contributed by atoms with Gasteiger partial charge in [-0.25, -0.2) is 0 Å². The molecule has 0 aliphatic heterocycles. The smallest absolute Gasteiger partial charge is 0.224 e. The summed E-state index contributed by atoms with van der Waals surface area (Å²) in [6.45, 7) is 5.39. The van der Waals surface area contributed by atoms with Crippen molar-refractivity contribution in [1.29, 1.82) is 0 Å². The first-order valence-electron chi connectivity index (χ1n) is 6.67. The summed E-state index contributed by atoms with van der Waals surface area (Å²) in [5, 5.41) is 0. The van der Waals surface area contributed by atoms with Crippen LogP contribution < -0.4 is 5.73 Å². The topological polar surface area (TPSA) is 46.3 Å². The van der Waals surface area contributed by atoms with Gasteiger partial charge in [-0.05, 0) is 43.4 Å². The Balaban J connectivity index is 2.08. The number of hydrogen-bond acceptors (Lipinski definition) is 2. The number of nitrogens with zero attached hydrogens (tertiary/aromatic N) is 1. The Morgan fingerprint density at radius 3 is 2.61 bits per heavy atom. The second-order valence-corrected chi connectivity index (χ2v) is 5.21. The van der Waals surface area contributed by atoms with Crippen molar-refractivity contribution in [3.63, 3.8) is 0 Å². The van der Waals surface area contributed by atoms with E-state index in [1.165, 1.54) is 16.7 Å². The van der Waals surface area contributed by atoms with Crippen LogP contribution in [0.15, 0.2) is 18.2 Å². The molecule has 1 aliphatic carbocycles. The highest BCUT2D eigenvalue weighted by atomic mass is 16.2. The van der Waals surface area contributed by atoms with Crippen LogP contribution >= 0.6 is 0 Å². The molecule has 0 saturated heterocycles. The van der Waals surface area contributed by atoms with Crippen molar-refractivity contribution in [1.82, 2.24) is 4.90 Å². The average Bonchev–Trinajstić information content (AvgIpc) is 3.15. The van der Waals surface area contributed by atoms with Crippen LogP contribution in [0.3, 0.4) is 0 Å². The molecule has 0 aromatic heterocycles. The summed E-state index contributed by atoms with van der Waals surface area (Å²) in [6, 6.07) is 6.88. The maximum absolute atomic E-state index is 12.0. The highest BCUT2D eigenvalue weighted by Gasteiger charge is 2.31. The van der Waals surface area contributed by atoms with Gasteiger partial charge in [-0.3, -0.25) is 4.79 Å². The molecular formula is C15H22N2O. The normalized spacial score (nSPS) is 14.6. The van der Waals surface area contributed by atoms with E-state index in [0.29, 0.717) is 19.0 Å². The van der Waals surface area contributed by atoms with Crippen LogP contribution in [0.2, 0.25) is 0 Å². The van der Waals surface area contributed by atoms with E-state index in [1.54, 1.807) is 0 Å². The van der Waals surface area contributed by atoms with E-state index in [-0.39, 0.29) is 5.91 Å². The van der Waals surface area contributed by atoms with Crippen molar-refractivity contribution < 1.29 is 4.79 Å². The first kappa shape index (κ1) is 13.1. The second kappa shape index (κ2) is 5.53. The van der Waals surface area contributed by atoms with E-state index in [1.807, 2.05) is 4.90 Å². The summed E-state index contributed by atoms with van der Waals surface area (Å²) in [6.07, 6.45) is 2.74. The van der Waals surface area contributed by atoms with E-state index >= 15 is 0 Å². The number of carbonyl (C=O) groups excluding carboxylic acids is 1. The first-order valence-corrected chi connectivity index (χ1v) is 6.67. The summed E-state index contributed by atoms with van der Waals surface area (Å²) < 4.78 is 0. The van der Waals surface area contributed by atoms with E-state index < -0.39 is 0 Å². The number of aryl methyl sites for hydroxylation is 2. The molecule has 3 heteroatoms. The van der Waals surface area contributed by atoms with Gasteiger partial charge in [-0.1, -0.05) is 18.2 Å². The summed E-state index contributed by atoms with van der Waals surface area (Å²) in [4.78, 5) is 14.0. The van der Waals surface area contributed by atoms with Gasteiger partial charge in [-0.15, -0.1) is 0 Å². The quantitative estimate of drug-likeness (QED) is 0.865. The Morgan fingerprint density at radius 2 is 2.06 bits per heavy atom. The fourth-order valence-electron chi connectivity index (χ4n) is 2.17. The van der Waals surface area contributed by atoms with Crippen LogP contribution in [0.1, 0.15) is 36.0 Å². The molecule has 1 aromatic carbocycles. The van der Waals surface area contributed by atoms with E-state index in [9.17, 15) is 4.79 Å². The van der Waals surface area contributed by atoms with Crippen molar-refractivity contribution in [2.45, 2.75) is 45.7 Å². The standard InChI is InChI=1S/C15H22N2O/c1-11-3-4-13(9-12(11)2)10-17(14-5-6-14)15(18)7-8-16/h3-4,9,14H,5-8,10,16H2,1-2H3. The van der Waals surface area contributed by atoms with Gasteiger partial charge in [0.1, 0.15) is 0 Å². The Morgan fingerprint density at radius 1 is 1.33 bits per heavy atom. The molecule has 0 bridgehead atoms. The summed E-state index contributed by atoms with van der Waals surface area (Å²) >= 11 is 0. The lowest BCUT2D eigenvalue weighted by Crippen LogP contribution is -2.33. The highest BCUT2D eigenvalue weighted by Crippen LogP contribution is 2.29. The van der Waals surface area contributed by atoms with Gasteiger partial charge in [-0.2, -0.15) is 0 Å². The molecule has 1 amide bonds. The number of carbonyl (C=O) groups is 1. The molecule has 18 heavy (non-hydrogen) atoms. The third kappa shape index (κ3) is 3.10. The monoisotopic (exact) mass is 246 g/mol. The van der Waals surface area contributed by atoms with Crippen LogP contribution in [-0.4, -0.2) is 23.4 Å². The number of nitrogens with two attached hydrogens (primary N) is 1. The first-order chi connectivity index (χ1) is 8.61. The van der Waals surface area contributed by atoms with Crippen molar-refractivity contribution in [2.24, 2.45) is 5.73 Å². The Hall–Kier alpha value is -1.35. The zero-order valence-electron chi connectivity index (χ0n) is 11.3. The number of hydrogen-bond donors (Lipinski definition) is 1. The molecule has 3 nitrogen and oxygen atoms in total. The van der Waals surface area contributed by atoms with Crippen molar-refractivity contribution in [3.8, 4) is 0 Å². The van der Waals surface area contributed by atoms with Gasteiger partial charge in [0, 0.05) is 25.6 Å². The lowest BCUT2D eigenvalue weighted by atomic mass is 10.1. The largest absolute Gasteiger partial charge is 0.335 e. The molecule has 1 fully saturated rings. The molecule has 0 radical (unpaired) electrons.